The third-order valence-corrected chi connectivity index (χ3v) is 2.90. The molecule has 0 N–H and O–H groups in total. The summed E-state index contributed by atoms with van der Waals surface area (Å²) in [4.78, 5) is 18.0. The van der Waals surface area contributed by atoms with Crippen LogP contribution in [0.25, 0.3) is 0 Å². The summed E-state index contributed by atoms with van der Waals surface area (Å²) in [5.41, 5.74) is 0.475. The van der Waals surface area contributed by atoms with Gasteiger partial charge in [-0.3, -0.25) is 4.79 Å². The highest BCUT2D eigenvalue weighted by Gasteiger charge is 2.23. The second kappa shape index (κ2) is 4.93. The predicted molar refractivity (Wildman–Crippen MR) is 63.3 cm³/mol. The van der Waals surface area contributed by atoms with Gasteiger partial charge >= 0.3 is 0 Å². The maximum atomic E-state index is 12.1. The molecule has 1 fully saturated rings. The molecule has 1 aromatic rings. The van der Waals surface area contributed by atoms with Gasteiger partial charge in [-0.2, -0.15) is 0 Å². The molecule has 1 atom stereocenters. The molecule has 1 saturated heterocycles. The Bertz CT molecular complexity index is 397. The molecular weight excluding hydrogens is 272 g/mol. The first-order valence-electron chi connectivity index (χ1n) is 5.20. The molecule has 1 aromatic heterocycles. The second-order valence-electron chi connectivity index (χ2n) is 3.78. The van der Waals surface area contributed by atoms with Crippen LogP contribution >= 0.6 is 15.9 Å². The number of ether oxygens (including phenoxy) is 1. The summed E-state index contributed by atoms with van der Waals surface area (Å²) in [6.07, 6.45) is 0.102. The first-order valence-corrected chi connectivity index (χ1v) is 5.99. The van der Waals surface area contributed by atoms with E-state index in [-0.39, 0.29) is 12.0 Å². The Balaban J connectivity index is 2.12. The lowest BCUT2D eigenvalue weighted by atomic mass is 10.2. The summed E-state index contributed by atoms with van der Waals surface area (Å²) >= 11 is 3.26. The molecule has 2 rings (SSSR count). The first kappa shape index (κ1) is 11.5. The minimum atomic E-state index is -0.0311. The Morgan fingerprint density at radius 1 is 1.62 bits per heavy atom. The Labute approximate surface area is 103 Å². The quantitative estimate of drug-likeness (QED) is 0.738. The van der Waals surface area contributed by atoms with Gasteiger partial charge in [-0.25, -0.2) is 4.98 Å². The van der Waals surface area contributed by atoms with E-state index >= 15 is 0 Å². The number of carbonyl (C=O) groups is 1. The van der Waals surface area contributed by atoms with E-state index in [2.05, 4.69) is 20.9 Å². The molecule has 2 heterocycles. The maximum absolute atomic E-state index is 12.1. The molecular formula is C11H13BrN2O2. The van der Waals surface area contributed by atoms with Crippen LogP contribution in [0.3, 0.4) is 0 Å². The summed E-state index contributed by atoms with van der Waals surface area (Å²) < 4.78 is 6.07. The zero-order valence-electron chi connectivity index (χ0n) is 9.02. The van der Waals surface area contributed by atoms with Crippen LogP contribution < -0.4 is 0 Å². The molecule has 1 aliphatic rings. The average molecular weight is 285 g/mol. The van der Waals surface area contributed by atoms with Gasteiger partial charge in [0.25, 0.3) is 5.91 Å². The van der Waals surface area contributed by atoms with Crippen LogP contribution in [0.1, 0.15) is 17.4 Å². The van der Waals surface area contributed by atoms with E-state index in [1.54, 1.807) is 17.0 Å². The van der Waals surface area contributed by atoms with Crippen molar-refractivity contribution in [3.05, 3.63) is 28.5 Å². The number of rotatable bonds is 1. The number of carbonyl (C=O) groups excluding carboxylic acids is 1. The Hall–Kier alpha value is -0.940. The number of hydrogen-bond donors (Lipinski definition) is 0. The highest BCUT2D eigenvalue weighted by atomic mass is 79.9. The van der Waals surface area contributed by atoms with Crippen LogP contribution in [0.4, 0.5) is 0 Å². The third-order valence-electron chi connectivity index (χ3n) is 2.46. The van der Waals surface area contributed by atoms with Gasteiger partial charge in [0.1, 0.15) is 10.3 Å². The molecule has 5 heteroatoms. The van der Waals surface area contributed by atoms with Gasteiger partial charge in [0.15, 0.2) is 0 Å². The summed E-state index contributed by atoms with van der Waals surface area (Å²) in [6, 6.07) is 5.35. The molecule has 0 aromatic carbocycles. The summed E-state index contributed by atoms with van der Waals surface area (Å²) in [7, 11) is 0. The van der Waals surface area contributed by atoms with Crippen LogP contribution in [-0.2, 0) is 4.74 Å². The van der Waals surface area contributed by atoms with Crippen LogP contribution in [0, 0.1) is 0 Å². The molecule has 0 radical (unpaired) electrons. The fraction of sp³-hybridized carbons (Fsp3) is 0.455. The summed E-state index contributed by atoms with van der Waals surface area (Å²) in [5.74, 6) is -0.0311. The number of amides is 1. The highest BCUT2D eigenvalue weighted by molar-refractivity contribution is 9.10. The Kier molecular flexibility index (Phi) is 3.56. The van der Waals surface area contributed by atoms with Crippen molar-refractivity contribution in [2.75, 3.05) is 19.7 Å². The minimum Gasteiger partial charge on any atom is -0.375 e. The van der Waals surface area contributed by atoms with Gasteiger partial charge in [-0.15, -0.1) is 0 Å². The van der Waals surface area contributed by atoms with Crippen molar-refractivity contribution in [2.24, 2.45) is 0 Å². The van der Waals surface area contributed by atoms with Gasteiger partial charge in [-0.05, 0) is 35.0 Å². The topological polar surface area (TPSA) is 42.4 Å². The molecule has 0 spiro atoms. The number of hydrogen-bond acceptors (Lipinski definition) is 3. The van der Waals surface area contributed by atoms with Crippen molar-refractivity contribution in [2.45, 2.75) is 13.0 Å². The lowest BCUT2D eigenvalue weighted by molar-refractivity contribution is -0.0126. The van der Waals surface area contributed by atoms with E-state index in [9.17, 15) is 4.79 Å². The van der Waals surface area contributed by atoms with Gasteiger partial charge in [0, 0.05) is 13.1 Å². The first-order chi connectivity index (χ1) is 7.66. The van der Waals surface area contributed by atoms with Gasteiger partial charge < -0.3 is 9.64 Å². The van der Waals surface area contributed by atoms with Crippen LogP contribution in [0.5, 0.6) is 0 Å². The van der Waals surface area contributed by atoms with E-state index in [1.807, 2.05) is 13.0 Å². The SMILES string of the molecule is C[C@@H]1CN(C(=O)c2cccc(Br)n2)CCO1. The number of halogens is 1. The average Bonchev–Trinajstić information content (AvgIpc) is 2.28. The number of nitrogens with zero attached hydrogens (tertiary/aromatic N) is 2. The Morgan fingerprint density at radius 2 is 2.44 bits per heavy atom. The van der Waals surface area contributed by atoms with Crippen molar-refractivity contribution in [1.29, 1.82) is 0 Å². The number of pyridine rings is 1. The van der Waals surface area contributed by atoms with Crippen molar-refractivity contribution < 1.29 is 9.53 Å². The molecule has 4 nitrogen and oxygen atoms in total. The minimum absolute atomic E-state index is 0.0311. The van der Waals surface area contributed by atoms with Crippen molar-refractivity contribution in [1.82, 2.24) is 9.88 Å². The van der Waals surface area contributed by atoms with Crippen molar-refractivity contribution in [3.8, 4) is 0 Å². The van der Waals surface area contributed by atoms with E-state index in [1.165, 1.54) is 0 Å². The van der Waals surface area contributed by atoms with Crippen LogP contribution in [0.15, 0.2) is 22.8 Å². The molecule has 0 saturated carbocycles. The van der Waals surface area contributed by atoms with Crippen LogP contribution in [0.2, 0.25) is 0 Å². The molecule has 1 amide bonds. The van der Waals surface area contributed by atoms with E-state index < -0.39 is 0 Å². The van der Waals surface area contributed by atoms with Crippen molar-refractivity contribution in [3.63, 3.8) is 0 Å². The second-order valence-corrected chi connectivity index (χ2v) is 4.59. The zero-order chi connectivity index (χ0) is 11.5. The summed E-state index contributed by atoms with van der Waals surface area (Å²) in [6.45, 7) is 3.83. The normalized spacial score (nSPS) is 20.9. The Morgan fingerprint density at radius 3 is 3.12 bits per heavy atom. The molecule has 0 bridgehead atoms. The lowest BCUT2D eigenvalue weighted by Gasteiger charge is -2.30. The molecule has 0 aliphatic carbocycles. The lowest BCUT2D eigenvalue weighted by Crippen LogP contribution is -2.44. The fourth-order valence-corrected chi connectivity index (χ4v) is 2.04. The molecule has 1 aliphatic heterocycles. The van der Waals surface area contributed by atoms with Gasteiger partial charge in [0.05, 0.1) is 12.7 Å². The standard InChI is InChI=1S/C11H13BrN2O2/c1-8-7-14(5-6-16-8)11(15)9-3-2-4-10(12)13-9/h2-4,8H,5-7H2,1H3/t8-/m1/s1. The predicted octanol–water partition coefficient (Wildman–Crippen LogP) is 1.71. The van der Waals surface area contributed by atoms with E-state index in [0.29, 0.717) is 30.0 Å². The number of morpholine rings is 1. The summed E-state index contributed by atoms with van der Waals surface area (Å²) in [5, 5.41) is 0. The fourth-order valence-electron chi connectivity index (χ4n) is 1.69. The van der Waals surface area contributed by atoms with Gasteiger partial charge in [0.2, 0.25) is 0 Å². The maximum Gasteiger partial charge on any atom is 0.272 e. The zero-order valence-corrected chi connectivity index (χ0v) is 10.6. The van der Waals surface area contributed by atoms with E-state index in [4.69, 9.17) is 4.74 Å². The van der Waals surface area contributed by atoms with E-state index in [0.717, 1.165) is 0 Å². The van der Waals surface area contributed by atoms with Gasteiger partial charge in [-0.1, -0.05) is 6.07 Å². The monoisotopic (exact) mass is 284 g/mol. The van der Waals surface area contributed by atoms with Crippen molar-refractivity contribution >= 4 is 21.8 Å². The molecule has 16 heavy (non-hydrogen) atoms. The van der Waals surface area contributed by atoms with Crippen LogP contribution in [-0.4, -0.2) is 41.6 Å². The molecule has 0 unspecified atom stereocenters. The molecule has 86 valence electrons. The smallest absolute Gasteiger partial charge is 0.272 e. The highest BCUT2D eigenvalue weighted by Crippen LogP contribution is 2.11. The largest absolute Gasteiger partial charge is 0.375 e. The third kappa shape index (κ3) is 2.59. The number of aromatic nitrogens is 1.